The maximum Gasteiger partial charge on any atom is 0.226 e. The second-order valence-corrected chi connectivity index (χ2v) is 6.69. The molecule has 1 aromatic carbocycles. The summed E-state index contributed by atoms with van der Waals surface area (Å²) in [7, 11) is 0. The van der Waals surface area contributed by atoms with Crippen molar-refractivity contribution in [3.63, 3.8) is 0 Å². The minimum Gasteiger partial charge on any atom is -0.311 e. The lowest BCUT2D eigenvalue weighted by Gasteiger charge is -2.28. The lowest BCUT2D eigenvalue weighted by molar-refractivity contribution is -0.116. The Morgan fingerprint density at radius 2 is 1.95 bits per heavy atom. The van der Waals surface area contributed by atoms with E-state index in [1.165, 1.54) is 11.1 Å². The summed E-state index contributed by atoms with van der Waals surface area (Å²) < 4.78 is 1.91. The van der Waals surface area contributed by atoms with Crippen LogP contribution < -0.4 is 5.32 Å². The third kappa shape index (κ3) is 2.35. The first-order chi connectivity index (χ1) is 9.88. The Balaban J connectivity index is 2.14. The van der Waals surface area contributed by atoms with Crippen molar-refractivity contribution in [2.24, 2.45) is 0 Å². The van der Waals surface area contributed by atoms with Crippen molar-refractivity contribution in [3.8, 4) is 0 Å². The summed E-state index contributed by atoms with van der Waals surface area (Å²) in [4.78, 5) is 12.1. The Kier molecular flexibility index (Phi) is 3.12. The molecule has 3 rings (SSSR count). The highest BCUT2D eigenvalue weighted by Gasteiger charge is 2.32. The van der Waals surface area contributed by atoms with E-state index in [-0.39, 0.29) is 17.4 Å². The van der Waals surface area contributed by atoms with E-state index in [1.54, 1.807) is 0 Å². The Morgan fingerprint density at radius 1 is 1.24 bits per heavy atom. The van der Waals surface area contributed by atoms with Gasteiger partial charge in [-0.1, -0.05) is 24.3 Å². The van der Waals surface area contributed by atoms with Gasteiger partial charge in [0.05, 0.1) is 11.7 Å². The van der Waals surface area contributed by atoms with Gasteiger partial charge in [-0.05, 0) is 38.8 Å². The van der Waals surface area contributed by atoms with Crippen molar-refractivity contribution >= 4 is 11.7 Å². The van der Waals surface area contributed by atoms with Gasteiger partial charge in [0.2, 0.25) is 5.91 Å². The summed E-state index contributed by atoms with van der Waals surface area (Å²) in [5, 5.41) is 7.51. The molecule has 4 nitrogen and oxygen atoms in total. The topological polar surface area (TPSA) is 46.9 Å². The summed E-state index contributed by atoms with van der Waals surface area (Å²) in [5.74, 6) is 0.986. The maximum atomic E-state index is 12.1. The number of aryl methyl sites for hydroxylation is 1. The largest absolute Gasteiger partial charge is 0.311 e. The van der Waals surface area contributed by atoms with E-state index < -0.39 is 0 Å². The summed E-state index contributed by atoms with van der Waals surface area (Å²) in [6.45, 7) is 8.35. The number of rotatable bonds is 1. The number of hydrogen-bond acceptors (Lipinski definition) is 2. The zero-order valence-corrected chi connectivity index (χ0v) is 13.0. The monoisotopic (exact) mass is 283 g/mol. The van der Waals surface area contributed by atoms with E-state index in [4.69, 9.17) is 0 Å². The van der Waals surface area contributed by atoms with Crippen molar-refractivity contribution in [2.45, 2.75) is 45.6 Å². The van der Waals surface area contributed by atoms with E-state index in [0.29, 0.717) is 6.42 Å². The molecule has 1 aliphatic rings. The van der Waals surface area contributed by atoms with Gasteiger partial charge in [-0.25, -0.2) is 4.68 Å². The predicted molar refractivity (Wildman–Crippen MR) is 83.5 cm³/mol. The van der Waals surface area contributed by atoms with Crippen LogP contribution in [0.2, 0.25) is 0 Å². The Labute approximate surface area is 125 Å². The fraction of sp³-hybridized carbons (Fsp3) is 0.412. The molecule has 0 saturated carbocycles. The first kappa shape index (κ1) is 13.9. The third-order valence-corrected chi connectivity index (χ3v) is 4.02. The van der Waals surface area contributed by atoms with Gasteiger partial charge in [-0.2, -0.15) is 5.10 Å². The number of nitrogens with zero attached hydrogens (tertiary/aromatic N) is 2. The lowest BCUT2D eigenvalue weighted by Crippen LogP contribution is -2.30. The van der Waals surface area contributed by atoms with Gasteiger partial charge >= 0.3 is 0 Å². The average molecular weight is 283 g/mol. The standard InChI is InChI=1S/C17H21N3O/c1-11-7-5-6-8-12(11)13-9-15(21)19-16-14(13)10-18-20(16)17(2,3)4/h5-8,10,13H,9H2,1-4H3,(H,19,21)/t13-/m0/s1. The molecule has 0 spiro atoms. The summed E-state index contributed by atoms with van der Waals surface area (Å²) >= 11 is 0. The Hall–Kier alpha value is -2.10. The van der Waals surface area contributed by atoms with E-state index in [1.807, 2.05) is 23.0 Å². The first-order valence-corrected chi connectivity index (χ1v) is 7.31. The van der Waals surface area contributed by atoms with Crippen LogP contribution in [0.3, 0.4) is 0 Å². The molecule has 1 aromatic heterocycles. The van der Waals surface area contributed by atoms with Gasteiger partial charge in [-0.3, -0.25) is 4.79 Å². The molecule has 0 unspecified atom stereocenters. The molecule has 2 aromatic rings. The zero-order valence-electron chi connectivity index (χ0n) is 13.0. The number of hydrogen-bond donors (Lipinski definition) is 1. The quantitative estimate of drug-likeness (QED) is 0.871. The zero-order chi connectivity index (χ0) is 15.2. The summed E-state index contributed by atoms with van der Waals surface area (Å²) in [6.07, 6.45) is 2.38. The molecule has 4 heteroatoms. The van der Waals surface area contributed by atoms with Crippen molar-refractivity contribution in [3.05, 3.63) is 47.2 Å². The second-order valence-electron chi connectivity index (χ2n) is 6.69. The van der Waals surface area contributed by atoms with Crippen LogP contribution in [0.4, 0.5) is 5.82 Å². The first-order valence-electron chi connectivity index (χ1n) is 7.31. The Morgan fingerprint density at radius 3 is 2.62 bits per heavy atom. The molecule has 0 aliphatic carbocycles. The van der Waals surface area contributed by atoms with Crippen molar-refractivity contribution in [2.75, 3.05) is 5.32 Å². The molecule has 1 aliphatic heterocycles. The van der Waals surface area contributed by atoms with Gasteiger partial charge in [0, 0.05) is 17.9 Å². The van der Waals surface area contributed by atoms with Crippen molar-refractivity contribution in [1.82, 2.24) is 9.78 Å². The van der Waals surface area contributed by atoms with Crippen molar-refractivity contribution < 1.29 is 4.79 Å². The molecular formula is C17H21N3O. The molecule has 2 heterocycles. The van der Waals surface area contributed by atoms with Crippen LogP contribution in [0.15, 0.2) is 30.5 Å². The van der Waals surface area contributed by atoms with E-state index in [0.717, 1.165) is 11.4 Å². The normalized spacial score (nSPS) is 18.3. The number of amides is 1. The third-order valence-electron chi connectivity index (χ3n) is 4.02. The van der Waals surface area contributed by atoms with E-state index in [9.17, 15) is 4.79 Å². The maximum absolute atomic E-state index is 12.1. The SMILES string of the molecule is Cc1ccccc1[C@@H]1CC(=O)Nc2c1cnn2C(C)(C)C. The number of anilines is 1. The number of nitrogens with one attached hydrogen (secondary N) is 1. The van der Waals surface area contributed by atoms with Crippen LogP contribution in [0, 0.1) is 6.92 Å². The molecular weight excluding hydrogens is 262 g/mol. The number of carbonyl (C=O) groups excluding carboxylic acids is 1. The average Bonchev–Trinajstić information content (AvgIpc) is 2.82. The van der Waals surface area contributed by atoms with Crippen LogP contribution in [0.1, 0.15) is 49.8 Å². The van der Waals surface area contributed by atoms with Gasteiger partial charge in [0.1, 0.15) is 5.82 Å². The fourth-order valence-corrected chi connectivity index (χ4v) is 2.98. The molecule has 0 fully saturated rings. The van der Waals surface area contributed by atoms with Crippen LogP contribution >= 0.6 is 0 Å². The predicted octanol–water partition coefficient (Wildman–Crippen LogP) is 3.42. The molecule has 1 atom stereocenters. The van der Waals surface area contributed by atoms with Crippen LogP contribution in [-0.4, -0.2) is 15.7 Å². The van der Waals surface area contributed by atoms with Crippen LogP contribution in [-0.2, 0) is 10.3 Å². The Bertz CT molecular complexity index is 694. The summed E-state index contributed by atoms with van der Waals surface area (Å²) in [6, 6.07) is 8.26. The van der Waals surface area contributed by atoms with Crippen molar-refractivity contribution in [1.29, 1.82) is 0 Å². The minimum absolute atomic E-state index is 0.0572. The van der Waals surface area contributed by atoms with E-state index >= 15 is 0 Å². The highest BCUT2D eigenvalue weighted by molar-refractivity contribution is 5.94. The minimum atomic E-state index is -0.158. The number of aromatic nitrogens is 2. The van der Waals surface area contributed by atoms with Crippen LogP contribution in [0.5, 0.6) is 0 Å². The van der Waals surface area contributed by atoms with Gasteiger partial charge in [0.25, 0.3) is 0 Å². The fourth-order valence-electron chi connectivity index (χ4n) is 2.98. The summed E-state index contributed by atoms with van der Waals surface area (Å²) in [5.41, 5.74) is 3.38. The van der Waals surface area contributed by atoms with E-state index in [2.05, 4.69) is 50.2 Å². The highest BCUT2D eigenvalue weighted by Crippen LogP contribution is 2.39. The smallest absolute Gasteiger partial charge is 0.226 e. The molecule has 1 amide bonds. The van der Waals surface area contributed by atoms with Gasteiger partial charge in [-0.15, -0.1) is 0 Å². The second kappa shape index (κ2) is 4.72. The molecule has 110 valence electrons. The number of benzene rings is 1. The molecule has 0 saturated heterocycles. The van der Waals surface area contributed by atoms with Crippen LogP contribution in [0.25, 0.3) is 0 Å². The van der Waals surface area contributed by atoms with Gasteiger partial charge < -0.3 is 5.32 Å². The van der Waals surface area contributed by atoms with Gasteiger partial charge in [0.15, 0.2) is 0 Å². The molecule has 1 N–H and O–H groups in total. The lowest BCUT2D eigenvalue weighted by atomic mass is 9.85. The highest BCUT2D eigenvalue weighted by atomic mass is 16.1. The number of carbonyl (C=O) groups is 1. The number of fused-ring (bicyclic) bond motifs is 1. The molecule has 0 bridgehead atoms. The molecule has 0 radical (unpaired) electrons. The molecule has 21 heavy (non-hydrogen) atoms.